The lowest BCUT2D eigenvalue weighted by atomic mass is 10.2. The third kappa shape index (κ3) is 3.56. The van der Waals surface area contributed by atoms with Crippen LogP contribution in [0.2, 0.25) is 0 Å². The van der Waals surface area contributed by atoms with Gasteiger partial charge < -0.3 is 24.3 Å². The highest BCUT2D eigenvalue weighted by Gasteiger charge is 2.43. The molecule has 0 aromatic carbocycles. The van der Waals surface area contributed by atoms with Crippen molar-refractivity contribution in [3.05, 3.63) is 28.7 Å². The molecule has 2 saturated carbocycles. The number of nitrogens with zero attached hydrogens (tertiary/aromatic N) is 7. The number of fused-ring (bicyclic) bond motifs is 3. The number of aromatic nitrogens is 5. The summed E-state index contributed by atoms with van der Waals surface area (Å²) in [6.45, 7) is 4.51. The Morgan fingerprint density at radius 3 is 2.42 bits per heavy atom. The van der Waals surface area contributed by atoms with E-state index in [0.29, 0.717) is 51.4 Å². The van der Waals surface area contributed by atoms with Gasteiger partial charge in [-0.3, -0.25) is 9.59 Å². The molecule has 0 spiro atoms. The molecule has 0 unspecified atom stereocenters. The maximum atomic E-state index is 13.7. The average Bonchev–Trinajstić information content (AvgIpc) is 3.75. The standard InChI is InChI=1S/C25H30N8O2S/c1-6-32-17(23(34)33(14-7-8-14)15-9-10-15)11-16-18-19(27-12-26-18)22(29-21(16)32)31(5)25-28-13(2)20(36-25)24(35)30(3)4/h11-12,14-15H,6-10H2,1-5H3,(H,26,27). The number of hydrogen-bond acceptors (Lipinski definition) is 7. The molecule has 1 N–H and O–H groups in total. The van der Waals surface area contributed by atoms with Gasteiger partial charge in [0, 0.05) is 45.2 Å². The van der Waals surface area contributed by atoms with Gasteiger partial charge in [-0.05, 0) is 45.6 Å². The van der Waals surface area contributed by atoms with Crippen LogP contribution in [-0.2, 0) is 6.54 Å². The maximum Gasteiger partial charge on any atom is 0.271 e. The molecule has 0 atom stereocenters. The summed E-state index contributed by atoms with van der Waals surface area (Å²) in [7, 11) is 5.36. The van der Waals surface area contributed by atoms with Crippen molar-refractivity contribution < 1.29 is 9.59 Å². The zero-order valence-corrected chi connectivity index (χ0v) is 22.0. The summed E-state index contributed by atoms with van der Waals surface area (Å²) in [6.07, 6.45) is 6.04. The second-order valence-electron chi connectivity index (χ2n) is 9.92. The molecular formula is C25H30N8O2S. The highest BCUT2D eigenvalue weighted by Crippen LogP contribution is 2.40. The summed E-state index contributed by atoms with van der Waals surface area (Å²) in [5.74, 6) is 0.658. The third-order valence-corrected chi connectivity index (χ3v) is 8.26. The predicted octanol–water partition coefficient (Wildman–Crippen LogP) is 3.93. The Kier molecular flexibility index (Phi) is 5.29. The number of H-pyrrole nitrogens is 1. The number of aromatic amines is 1. The van der Waals surface area contributed by atoms with Crippen molar-refractivity contribution in [2.45, 2.75) is 58.2 Å². The van der Waals surface area contributed by atoms with E-state index in [0.717, 1.165) is 42.2 Å². The first kappa shape index (κ1) is 23.0. The second-order valence-corrected chi connectivity index (χ2v) is 10.9. The van der Waals surface area contributed by atoms with Crippen LogP contribution in [0.4, 0.5) is 10.9 Å². The first-order valence-electron chi connectivity index (χ1n) is 12.4. The lowest BCUT2D eigenvalue weighted by Gasteiger charge is -2.22. The number of thiazole rings is 1. The molecule has 10 nitrogen and oxygen atoms in total. The largest absolute Gasteiger partial charge is 0.344 e. The molecule has 2 amide bonds. The van der Waals surface area contributed by atoms with Crippen molar-refractivity contribution in [3.8, 4) is 0 Å². The minimum Gasteiger partial charge on any atom is -0.344 e. The number of carbonyl (C=O) groups excluding carboxylic acids is 2. The average molecular weight is 507 g/mol. The predicted molar refractivity (Wildman–Crippen MR) is 140 cm³/mol. The molecule has 0 saturated heterocycles. The molecule has 188 valence electrons. The Bertz CT molecular complexity index is 1500. The highest BCUT2D eigenvalue weighted by molar-refractivity contribution is 7.17. The van der Waals surface area contributed by atoms with Gasteiger partial charge in [-0.2, -0.15) is 0 Å². The van der Waals surface area contributed by atoms with Crippen molar-refractivity contribution in [1.29, 1.82) is 0 Å². The minimum absolute atomic E-state index is 0.0723. The van der Waals surface area contributed by atoms with E-state index in [2.05, 4.69) is 19.9 Å². The molecule has 2 fully saturated rings. The van der Waals surface area contributed by atoms with Crippen LogP contribution >= 0.6 is 11.3 Å². The van der Waals surface area contributed by atoms with E-state index in [1.54, 1.807) is 25.3 Å². The van der Waals surface area contributed by atoms with E-state index in [1.807, 2.05) is 36.4 Å². The lowest BCUT2D eigenvalue weighted by molar-refractivity contribution is 0.0719. The van der Waals surface area contributed by atoms with Gasteiger partial charge in [0.05, 0.1) is 17.5 Å². The van der Waals surface area contributed by atoms with Gasteiger partial charge in [0.25, 0.3) is 11.8 Å². The van der Waals surface area contributed by atoms with Gasteiger partial charge in [-0.15, -0.1) is 0 Å². The zero-order valence-electron chi connectivity index (χ0n) is 21.2. The number of nitrogens with one attached hydrogen (secondary N) is 1. The lowest BCUT2D eigenvalue weighted by Crippen LogP contribution is -2.36. The Hall–Kier alpha value is -3.47. The number of amides is 2. The number of pyridine rings is 1. The fourth-order valence-corrected chi connectivity index (χ4v) is 5.93. The Balaban J connectivity index is 1.47. The fourth-order valence-electron chi connectivity index (χ4n) is 4.88. The molecule has 4 aromatic heterocycles. The van der Waals surface area contributed by atoms with E-state index in [4.69, 9.17) is 4.98 Å². The molecule has 0 bridgehead atoms. The number of hydrogen-bond donors (Lipinski definition) is 1. The normalized spacial score (nSPS) is 15.6. The smallest absolute Gasteiger partial charge is 0.271 e. The van der Waals surface area contributed by atoms with Crippen LogP contribution in [0, 0.1) is 6.92 Å². The van der Waals surface area contributed by atoms with Gasteiger partial charge in [0.2, 0.25) is 0 Å². The van der Waals surface area contributed by atoms with Crippen molar-refractivity contribution >= 4 is 56.2 Å². The molecule has 36 heavy (non-hydrogen) atoms. The fraction of sp³-hybridized carbons (Fsp3) is 0.480. The van der Waals surface area contributed by atoms with E-state index in [-0.39, 0.29) is 11.8 Å². The van der Waals surface area contributed by atoms with E-state index in [9.17, 15) is 9.59 Å². The number of rotatable bonds is 7. The van der Waals surface area contributed by atoms with Gasteiger partial charge in [0.1, 0.15) is 21.7 Å². The van der Waals surface area contributed by atoms with Crippen molar-refractivity contribution in [2.75, 3.05) is 26.0 Å². The van der Waals surface area contributed by atoms with Crippen molar-refractivity contribution in [2.24, 2.45) is 0 Å². The van der Waals surface area contributed by atoms with Gasteiger partial charge >= 0.3 is 0 Å². The Morgan fingerprint density at radius 2 is 1.81 bits per heavy atom. The number of imidazole rings is 1. The van der Waals surface area contributed by atoms with Crippen LogP contribution in [0.3, 0.4) is 0 Å². The SMILES string of the molecule is CCn1c(C(=O)N(C2CC2)C2CC2)cc2c3[nH]cnc3c(N(C)c3nc(C)c(C(=O)N(C)C)s3)nc21. The first-order valence-corrected chi connectivity index (χ1v) is 13.2. The molecule has 0 aliphatic heterocycles. The van der Waals surface area contributed by atoms with Crippen LogP contribution in [0.25, 0.3) is 22.1 Å². The quantitative estimate of drug-likeness (QED) is 0.407. The first-order chi connectivity index (χ1) is 17.3. The molecule has 0 radical (unpaired) electrons. The van der Waals surface area contributed by atoms with E-state index < -0.39 is 0 Å². The summed E-state index contributed by atoms with van der Waals surface area (Å²) in [4.78, 5) is 50.0. The molecule has 6 rings (SSSR count). The van der Waals surface area contributed by atoms with Gasteiger partial charge in [-0.1, -0.05) is 11.3 Å². The highest BCUT2D eigenvalue weighted by atomic mass is 32.1. The van der Waals surface area contributed by atoms with Crippen molar-refractivity contribution in [3.63, 3.8) is 0 Å². The molecule has 4 aromatic rings. The van der Waals surface area contributed by atoms with E-state index in [1.165, 1.54) is 11.3 Å². The zero-order chi connectivity index (χ0) is 25.3. The molecule has 2 aliphatic rings. The van der Waals surface area contributed by atoms with Gasteiger partial charge in [0.15, 0.2) is 10.9 Å². The topological polar surface area (TPSA) is 103 Å². The monoisotopic (exact) mass is 506 g/mol. The second kappa shape index (κ2) is 8.29. The summed E-state index contributed by atoms with van der Waals surface area (Å²) in [6, 6.07) is 2.72. The van der Waals surface area contributed by atoms with Crippen LogP contribution in [0.5, 0.6) is 0 Å². The minimum atomic E-state index is -0.0723. The number of aryl methyl sites for hydroxylation is 2. The van der Waals surface area contributed by atoms with E-state index >= 15 is 0 Å². The summed E-state index contributed by atoms with van der Waals surface area (Å²) in [5, 5.41) is 1.54. The molecular weight excluding hydrogens is 476 g/mol. The summed E-state index contributed by atoms with van der Waals surface area (Å²) < 4.78 is 2.02. The number of anilines is 2. The molecule has 2 aliphatic carbocycles. The Morgan fingerprint density at radius 1 is 1.11 bits per heavy atom. The molecule has 4 heterocycles. The Labute approximate surface area is 212 Å². The van der Waals surface area contributed by atoms with Crippen LogP contribution in [0.1, 0.15) is 58.5 Å². The molecule has 11 heteroatoms. The summed E-state index contributed by atoms with van der Waals surface area (Å²) in [5.41, 5.74) is 3.64. The summed E-state index contributed by atoms with van der Waals surface area (Å²) >= 11 is 1.34. The van der Waals surface area contributed by atoms with Gasteiger partial charge in [-0.25, -0.2) is 15.0 Å². The van der Waals surface area contributed by atoms with Crippen LogP contribution in [0.15, 0.2) is 12.4 Å². The van der Waals surface area contributed by atoms with Crippen molar-refractivity contribution in [1.82, 2.24) is 34.3 Å². The maximum absolute atomic E-state index is 13.7. The van der Waals surface area contributed by atoms with Crippen LogP contribution < -0.4 is 4.90 Å². The van der Waals surface area contributed by atoms with Crippen LogP contribution in [-0.4, -0.2) is 79.3 Å². The third-order valence-electron chi connectivity index (χ3n) is 7.04. The number of carbonyl (C=O) groups is 2.